The molecule has 4 heterocycles. The largest absolute Gasteiger partial charge is 0.462 e. The Hall–Kier alpha value is -5.32. The maximum Gasteiger partial charge on any atom is 0.412 e. The number of carbonyl (C=O) groups is 3. The first-order chi connectivity index (χ1) is 29.2. The molecular formula is C49H56N2O10. The lowest BCUT2D eigenvalue weighted by Crippen LogP contribution is -2.59. The van der Waals surface area contributed by atoms with Crippen molar-refractivity contribution < 1.29 is 47.9 Å². The quantitative estimate of drug-likeness (QED) is 0.164. The van der Waals surface area contributed by atoms with E-state index in [9.17, 15) is 24.8 Å². The molecule has 2 saturated heterocycles. The van der Waals surface area contributed by atoms with Crippen molar-refractivity contribution in [2.45, 2.75) is 115 Å². The van der Waals surface area contributed by atoms with Crippen LogP contribution in [0.15, 0.2) is 114 Å². The molecule has 5 aliphatic rings. The van der Waals surface area contributed by atoms with Gasteiger partial charge in [-0.15, -0.1) is 0 Å². The lowest BCUT2D eigenvalue weighted by atomic mass is 9.70. The molecule has 12 nitrogen and oxygen atoms in total. The van der Waals surface area contributed by atoms with Crippen LogP contribution >= 0.6 is 0 Å². The summed E-state index contributed by atoms with van der Waals surface area (Å²) < 4.78 is 38.5. The van der Waals surface area contributed by atoms with E-state index in [1.807, 2.05) is 38.1 Å². The van der Waals surface area contributed by atoms with E-state index in [0.717, 1.165) is 12.0 Å². The van der Waals surface area contributed by atoms with E-state index in [1.165, 1.54) is 0 Å². The van der Waals surface area contributed by atoms with Crippen molar-refractivity contribution in [3.05, 3.63) is 125 Å². The van der Waals surface area contributed by atoms with E-state index >= 15 is 0 Å². The molecule has 61 heavy (non-hydrogen) atoms. The Kier molecular flexibility index (Phi) is 13.2. The zero-order chi connectivity index (χ0) is 43.5. The first-order valence-electron chi connectivity index (χ1n) is 21.3. The second kappa shape index (κ2) is 18.3. The number of aliphatic hydroxyl groups is 1. The lowest BCUT2D eigenvalue weighted by Gasteiger charge is -2.48. The van der Waals surface area contributed by atoms with Crippen LogP contribution in [0.2, 0.25) is 0 Å². The number of allylic oxidation sites excluding steroid dienone is 2. The first kappa shape index (κ1) is 43.8. The Labute approximate surface area is 357 Å². The zero-order valence-electron chi connectivity index (χ0n) is 35.6. The number of hydrogen-bond donors (Lipinski definition) is 2. The number of esters is 2. The van der Waals surface area contributed by atoms with Crippen LogP contribution in [-0.4, -0.2) is 77.8 Å². The van der Waals surface area contributed by atoms with Crippen LogP contribution in [0.4, 0.5) is 10.5 Å². The number of para-hydroxylation sites is 1. The smallest absolute Gasteiger partial charge is 0.412 e. The summed E-state index contributed by atoms with van der Waals surface area (Å²) in [6.45, 7) is 11.9. The summed E-state index contributed by atoms with van der Waals surface area (Å²) in [5, 5.41) is 24.9. The third-order valence-electron chi connectivity index (χ3n) is 12.7. The third kappa shape index (κ3) is 9.31. The maximum absolute atomic E-state index is 14.6. The molecule has 322 valence electrons. The number of hydrogen-bond acceptors (Lipinski definition) is 11. The highest BCUT2D eigenvalue weighted by Gasteiger charge is 2.61. The molecule has 2 N–H and O–H groups in total. The van der Waals surface area contributed by atoms with Gasteiger partial charge in [0.05, 0.1) is 36.0 Å². The predicted octanol–water partition coefficient (Wildman–Crippen LogP) is 8.30. The van der Waals surface area contributed by atoms with Gasteiger partial charge in [-0.25, -0.2) is 9.59 Å². The Morgan fingerprint density at radius 2 is 1.74 bits per heavy atom. The Morgan fingerprint density at radius 1 is 0.984 bits per heavy atom. The van der Waals surface area contributed by atoms with Gasteiger partial charge in [0.2, 0.25) is 0 Å². The second-order valence-corrected chi connectivity index (χ2v) is 17.1. The highest BCUT2D eigenvalue weighted by atomic mass is 16.7. The first-order valence-corrected chi connectivity index (χ1v) is 21.3. The Balaban J connectivity index is 1.26. The number of benzene rings is 2. The van der Waals surface area contributed by atoms with Crippen LogP contribution in [0, 0.1) is 35.0 Å². The average Bonchev–Trinajstić information content (AvgIpc) is 3.59. The van der Waals surface area contributed by atoms with E-state index in [4.69, 9.17) is 28.4 Å². The highest BCUT2D eigenvalue weighted by molar-refractivity contribution is 5.90. The molecule has 2 aromatic rings. The minimum absolute atomic E-state index is 0.0583. The van der Waals surface area contributed by atoms with E-state index in [1.54, 1.807) is 73.7 Å². The summed E-state index contributed by atoms with van der Waals surface area (Å²) in [5.41, 5.74) is 1.00. The maximum atomic E-state index is 14.6. The van der Waals surface area contributed by atoms with Gasteiger partial charge in [-0.1, -0.05) is 88.8 Å². The number of rotatable bonds is 6. The van der Waals surface area contributed by atoms with Crippen LogP contribution in [0.5, 0.6) is 0 Å². The standard InChI is InChI=1S/C49H56N2O10/c1-7-29(2)42-32(5)22-23-48(61-42)26-39-25-38(60-48)21-16-31(4)41(58-45(52)35-19-17-34(27-50)18-20-35)30(3)12-11-13-36-28-56-44-43(59-47(54)51-37-14-9-8-10-15-37)33(6)24-40(46(53)57-39)49(36,44)55/h8-20,22-24,29-30,32,38-44,55H,7,21,25-26,28H2,1-6H3,(H,51,54)/b12-11+,31-16+,36-13+/t29-,30-,32-,38+,39-,40-,41-,42+,43+,44+,48+,49+/m0/s1. The van der Waals surface area contributed by atoms with Crippen molar-refractivity contribution in [1.82, 2.24) is 0 Å². The van der Waals surface area contributed by atoms with Gasteiger partial charge in [-0.05, 0) is 85.4 Å². The van der Waals surface area contributed by atoms with Crippen molar-refractivity contribution in [2.24, 2.45) is 23.7 Å². The summed E-state index contributed by atoms with van der Waals surface area (Å²) in [6.07, 6.45) is 9.98. The number of amides is 1. The fraction of sp³-hybridized carbons (Fsp3) is 0.469. The normalized spacial score (nSPS) is 36.3. The number of carbonyl (C=O) groups excluding carboxylic acids is 3. The SMILES string of the molecule is CC[C@H](C)[C@H]1O[C@]2(C=C[C@@H]1C)C[C@@H]1C[C@@H](C/C=C(\C)[C@@H](OC(=O)c3ccc(C#N)cc3)[C@@H](C)/C=C/C=C3\CO[C@@H]4[C@H](OC(=O)Nc5ccccc5)C(C)=C[C@@H](C(=O)O1)[C@]34O)O2. The number of nitrogens with zero attached hydrogens (tertiary/aromatic N) is 1. The van der Waals surface area contributed by atoms with E-state index < -0.39 is 65.9 Å². The molecule has 2 fully saturated rings. The number of anilines is 1. The van der Waals surface area contributed by atoms with Crippen molar-refractivity contribution in [1.29, 1.82) is 5.26 Å². The minimum Gasteiger partial charge on any atom is -0.462 e. The fourth-order valence-electron chi connectivity index (χ4n) is 9.13. The molecule has 1 spiro atoms. The number of nitrogens with one attached hydrogen (secondary N) is 1. The summed E-state index contributed by atoms with van der Waals surface area (Å²) >= 11 is 0. The lowest BCUT2D eigenvalue weighted by molar-refractivity contribution is -0.300. The molecule has 1 aliphatic carbocycles. The van der Waals surface area contributed by atoms with Crippen molar-refractivity contribution in [3.63, 3.8) is 0 Å². The molecule has 1 amide bonds. The summed E-state index contributed by atoms with van der Waals surface area (Å²) in [4.78, 5) is 41.4. The fourth-order valence-corrected chi connectivity index (χ4v) is 9.13. The van der Waals surface area contributed by atoms with Gasteiger partial charge < -0.3 is 33.5 Å². The van der Waals surface area contributed by atoms with E-state index in [-0.39, 0.29) is 36.9 Å². The monoisotopic (exact) mass is 832 g/mol. The van der Waals surface area contributed by atoms with Crippen LogP contribution in [0.1, 0.15) is 83.1 Å². The van der Waals surface area contributed by atoms with Gasteiger partial charge in [0, 0.05) is 30.4 Å². The predicted molar refractivity (Wildman–Crippen MR) is 227 cm³/mol. The van der Waals surface area contributed by atoms with Crippen LogP contribution in [-0.2, 0) is 33.2 Å². The molecule has 0 radical (unpaired) electrons. The Bertz CT molecular complexity index is 2150. The molecular weight excluding hydrogens is 777 g/mol. The van der Waals surface area contributed by atoms with Gasteiger partial charge in [-0.2, -0.15) is 5.26 Å². The van der Waals surface area contributed by atoms with Crippen LogP contribution < -0.4 is 5.32 Å². The van der Waals surface area contributed by atoms with Crippen molar-refractivity contribution in [3.8, 4) is 6.07 Å². The molecule has 0 saturated carbocycles. The molecule has 12 atom stereocenters. The average molecular weight is 833 g/mol. The van der Waals surface area contributed by atoms with Gasteiger partial charge in [0.25, 0.3) is 0 Å². The van der Waals surface area contributed by atoms with E-state index in [2.05, 4.69) is 38.2 Å². The minimum atomic E-state index is -1.96. The molecule has 12 heteroatoms. The third-order valence-corrected chi connectivity index (χ3v) is 12.7. The number of fused-ring (bicyclic) bond motifs is 2. The zero-order valence-corrected chi connectivity index (χ0v) is 35.6. The second-order valence-electron chi connectivity index (χ2n) is 17.1. The molecule has 0 aromatic heterocycles. The summed E-state index contributed by atoms with van der Waals surface area (Å²) in [5.74, 6) is -3.57. The highest BCUT2D eigenvalue weighted by Crippen LogP contribution is 2.48. The number of ether oxygens (including phenoxy) is 6. The molecule has 2 aromatic carbocycles. The van der Waals surface area contributed by atoms with Crippen LogP contribution in [0.3, 0.4) is 0 Å². The number of nitriles is 1. The molecule has 4 aliphatic heterocycles. The van der Waals surface area contributed by atoms with Gasteiger partial charge in [0.1, 0.15) is 29.8 Å². The topological polar surface area (TPSA) is 163 Å². The molecule has 0 unspecified atom stereocenters. The van der Waals surface area contributed by atoms with Crippen molar-refractivity contribution in [2.75, 3.05) is 11.9 Å². The van der Waals surface area contributed by atoms with E-state index in [0.29, 0.717) is 40.8 Å². The Morgan fingerprint density at radius 3 is 2.46 bits per heavy atom. The van der Waals surface area contributed by atoms with Gasteiger partial charge >= 0.3 is 18.0 Å². The molecule has 2 bridgehead atoms. The molecule has 7 rings (SSSR count). The van der Waals surface area contributed by atoms with Crippen molar-refractivity contribution >= 4 is 23.7 Å². The van der Waals surface area contributed by atoms with Gasteiger partial charge in [-0.3, -0.25) is 10.1 Å². The summed E-state index contributed by atoms with van der Waals surface area (Å²) in [6, 6.07) is 17.2. The summed E-state index contributed by atoms with van der Waals surface area (Å²) in [7, 11) is 0. The van der Waals surface area contributed by atoms with Crippen LogP contribution in [0.25, 0.3) is 0 Å². The van der Waals surface area contributed by atoms with Gasteiger partial charge in [0.15, 0.2) is 11.9 Å².